The van der Waals surface area contributed by atoms with E-state index in [-0.39, 0.29) is 5.92 Å². The Morgan fingerprint density at radius 1 is 1.09 bits per heavy atom. The van der Waals surface area contributed by atoms with Gasteiger partial charge in [-0.25, -0.2) is 32.8 Å². The number of benzene rings is 1. The fraction of sp³-hybridized carbons (Fsp3) is 0.250. The highest BCUT2D eigenvalue weighted by atomic mass is 19.2. The summed E-state index contributed by atoms with van der Waals surface area (Å²) in [6, 6.07) is 3.91. The number of aryl methyl sites for hydroxylation is 2. The molecule has 1 aliphatic heterocycles. The van der Waals surface area contributed by atoms with Crippen molar-refractivity contribution in [1.29, 1.82) is 0 Å². The summed E-state index contributed by atoms with van der Waals surface area (Å²) in [6.07, 6.45) is 10.2. The Hall–Kier alpha value is -3.95. The predicted octanol–water partition coefficient (Wildman–Crippen LogP) is 4.69. The second kappa shape index (κ2) is 8.77. The summed E-state index contributed by atoms with van der Waals surface area (Å²) in [6.45, 7) is 2.54. The van der Waals surface area contributed by atoms with E-state index in [1.807, 2.05) is 25.3 Å². The van der Waals surface area contributed by atoms with Crippen molar-refractivity contribution < 1.29 is 17.9 Å². The third-order valence-electron chi connectivity index (χ3n) is 5.75. The third-order valence-corrected chi connectivity index (χ3v) is 5.75. The Kier molecular flexibility index (Phi) is 5.64. The second-order valence-electron chi connectivity index (χ2n) is 8.09. The summed E-state index contributed by atoms with van der Waals surface area (Å²) in [7, 11) is 1.57. The largest absolute Gasteiger partial charge is 0.493 e. The lowest BCUT2D eigenvalue weighted by Crippen LogP contribution is -2.18. The highest BCUT2D eigenvalue weighted by Crippen LogP contribution is 2.33. The van der Waals surface area contributed by atoms with E-state index in [4.69, 9.17) is 4.74 Å². The number of nitrogens with zero attached hydrogens (tertiary/aromatic N) is 6. The van der Waals surface area contributed by atoms with Gasteiger partial charge in [0.05, 0.1) is 12.8 Å². The quantitative estimate of drug-likeness (QED) is 0.399. The number of imidazole rings is 1. The number of pyridine rings is 1. The standard InChI is InChI=1S/C24H21F3N6O/c1-14-12-32(13-29-14)24-20(34-2)8-15(11-28-24)5-6-21-30-23-17(4-3-7-33(23)31-21)16-9-18(25)22(27)19(26)10-16/h5-6,8-13,17H,3-4,7H2,1-2H3/b6-5+/t17-/m1/s1. The van der Waals surface area contributed by atoms with E-state index in [1.54, 1.807) is 35.0 Å². The summed E-state index contributed by atoms with van der Waals surface area (Å²) in [5.41, 5.74) is 2.00. The van der Waals surface area contributed by atoms with Crippen LogP contribution in [0.2, 0.25) is 0 Å². The van der Waals surface area contributed by atoms with Gasteiger partial charge in [0.1, 0.15) is 12.2 Å². The maximum Gasteiger partial charge on any atom is 0.194 e. The van der Waals surface area contributed by atoms with Crippen LogP contribution in [-0.4, -0.2) is 36.4 Å². The van der Waals surface area contributed by atoms with Gasteiger partial charge in [-0.05, 0) is 61.2 Å². The van der Waals surface area contributed by atoms with Gasteiger partial charge < -0.3 is 4.74 Å². The van der Waals surface area contributed by atoms with E-state index in [1.165, 1.54) is 0 Å². The van der Waals surface area contributed by atoms with Crippen LogP contribution >= 0.6 is 0 Å². The molecule has 34 heavy (non-hydrogen) atoms. The Balaban J connectivity index is 1.42. The van der Waals surface area contributed by atoms with Gasteiger partial charge in [0.2, 0.25) is 0 Å². The predicted molar refractivity (Wildman–Crippen MR) is 119 cm³/mol. The Morgan fingerprint density at radius 3 is 2.59 bits per heavy atom. The Labute approximate surface area is 193 Å². The number of hydrogen-bond acceptors (Lipinski definition) is 5. The van der Waals surface area contributed by atoms with Crippen LogP contribution in [0.4, 0.5) is 13.2 Å². The maximum absolute atomic E-state index is 13.8. The lowest BCUT2D eigenvalue weighted by Gasteiger charge is -2.22. The van der Waals surface area contributed by atoms with Crippen LogP contribution in [-0.2, 0) is 6.54 Å². The molecule has 0 fully saturated rings. The lowest BCUT2D eigenvalue weighted by molar-refractivity contribution is 0.410. The number of ether oxygens (including phenoxy) is 1. The summed E-state index contributed by atoms with van der Waals surface area (Å²) < 4.78 is 50.0. The third kappa shape index (κ3) is 4.07. The molecule has 0 bridgehead atoms. The van der Waals surface area contributed by atoms with Crippen molar-refractivity contribution in [2.75, 3.05) is 7.11 Å². The highest BCUT2D eigenvalue weighted by Gasteiger charge is 2.27. The van der Waals surface area contributed by atoms with E-state index >= 15 is 0 Å². The summed E-state index contributed by atoms with van der Waals surface area (Å²) in [4.78, 5) is 13.3. The number of aromatic nitrogens is 6. The molecule has 174 valence electrons. The van der Waals surface area contributed by atoms with Crippen molar-refractivity contribution in [3.05, 3.63) is 82.8 Å². The van der Waals surface area contributed by atoms with E-state index in [0.29, 0.717) is 41.7 Å². The van der Waals surface area contributed by atoms with Gasteiger partial charge in [0, 0.05) is 24.9 Å². The smallest absolute Gasteiger partial charge is 0.194 e. The van der Waals surface area contributed by atoms with Crippen LogP contribution < -0.4 is 4.74 Å². The topological polar surface area (TPSA) is 70.7 Å². The first-order chi connectivity index (χ1) is 16.4. The van der Waals surface area contributed by atoms with Crippen molar-refractivity contribution in [3.63, 3.8) is 0 Å². The minimum Gasteiger partial charge on any atom is -0.493 e. The molecule has 0 amide bonds. The van der Waals surface area contributed by atoms with Gasteiger partial charge in [-0.15, -0.1) is 0 Å². The van der Waals surface area contributed by atoms with Crippen LogP contribution in [0.3, 0.4) is 0 Å². The first kappa shape index (κ1) is 21.9. The molecule has 4 heterocycles. The molecule has 0 radical (unpaired) electrons. The lowest BCUT2D eigenvalue weighted by atomic mass is 9.91. The molecule has 4 aromatic rings. The number of methoxy groups -OCH3 is 1. The Bertz CT molecular complexity index is 1370. The molecule has 0 N–H and O–H groups in total. The average Bonchev–Trinajstić information content (AvgIpc) is 3.46. The molecule has 0 aliphatic carbocycles. The minimum absolute atomic E-state index is 0.347. The molecule has 0 saturated carbocycles. The number of fused-ring (bicyclic) bond motifs is 1. The maximum atomic E-state index is 13.8. The zero-order valence-electron chi connectivity index (χ0n) is 18.5. The number of hydrogen-bond donors (Lipinski definition) is 0. The van der Waals surface area contributed by atoms with Crippen molar-refractivity contribution >= 4 is 12.2 Å². The first-order valence-corrected chi connectivity index (χ1v) is 10.7. The van der Waals surface area contributed by atoms with E-state index in [2.05, 4.69) is 20.1 Å². The fourth-order valence-electron chi connectivity index (χ4n) is 4.13. The average molecular weight is 466 g/mol. The second-order valence-corrected chi connectivity index (χ2v) is 8.09. The minimum atomic E-state index is -1.47. The monoisotopic (exact) mass is 466 g/mol. The van der Waals surface area contributed by atoms with Gasteiger partial charge in [0.25, 0.3) is 0 Å². The Morgan fingerprint density at radius 2 is 1.88 bits per heavy atom. The van der Waals surface area contributed by atoms with Crippen molar-refractivity contribution in [2.24, 2.45) is 0 Å². The first-order valence-electron chi connectivity index (χ1n) is 10.7. The summed E-state index contributed by atoms with van der Waals surface area (Å²) in [5.74, 6) is -1.99. The summed E-state index contributed by atoms with van der Waals surface area (Å²) >= 11 is 0. The molecule has 3 aromatic heterocycles. The molecular weight excluding hydrogens is 445 g/mol. The number of rotatable bonds is 5. The molecule has 0 unspecified atom stereocenters. The SMILES string of the molecule is COc1cc(/C=C/c2nc3n(n2)CCC[C@@H]3c2cc(F)c(F)c(F)c2)cnc1-n1cnc(C)c1. The van der Waals surface area contributed by atoms with Crippen LogP contribution in [0.5, 0.6) is 5.75 Å². The molecular formula is C24H21F3N6O. The van der Waals surface area contributed by atoms with E-state index < -0.39 is 17.5 Å². The van der Waals surface area contributed by atoms with Crippen molar-refractivity contribution in [3.8, 4) is 11.6 Å². The van der Waals surface area contributed by atoms with E-state index in [0.717, 1.165) is 29.8 Å². The normalized spacial score (nSPS) is 15.6. The molecule has 5 rings (SSSR count). The molecule has 1 aromatic carbocycles. The molecule has 0 saturated heterocycles. The zero-order valence-corrected chi connectivity index (χ0v) is 18.5. The van der Waals surface area contributed by atoms with Crippen LogP contribution in [0.1, 0.15) is 47.2 Å². The van der Waals surface area contributed by atoms with E-state index in [9.17, 15) is 13.2 Å². The molecule has 7 nitrogen and oxygen atoms in total. The van der Waals surface area contributed by atoms with Crippen LogP contribution in [0.25, 0.3) is 18.0 Å². The van der Waals surface area contributed by atoms with Crippen molar-refractivity contribution in [1.82, 2.24) is 29.3 Å². The number of halogens is 3. The van der Waals surface area contributed by atoms with Crippen LogP contribution in [0, 0.1) is 24.4 Å². The molecule has 0 spiro atoms. The molecule has 1 atom stereocenters. The summed E-state index contributed by atoms with van der Waals surface area (Å²) in [5, 5.41) is 4.51. The molecule has 10 heteroatoms. The highest BCUT2D eigenvalue weighted by molar-refractivity contribution is 5.67. The van der Waals surface area contributed by atoms with Crippen molar-refractivity contribution in [2.45, 2.75) is 32.2 Å². The van der Waals surface area contributed by atoms with Gasteiger partial charge in [-0.2, -0.15) is 5.10 Å². The van der Waals surface area contributed by atoms with Gasteiger partial charge >= 0.3 is 0 Å². The molecule has 1 aliphatic rings. The van der Waals surface area contributed by atoms with Gasteiger partial charge in [-0.3, -0.25) is 4.57 Å². The fourth-order valence-corrected chi connectivity index (χ4v) is 4.13. The zero-order chi connectivity index (χ0) is 23.8. The van der Waals surface area contributed by atoms with Gasteiger partial charge in [0.15, 0.2) is 34.8 Å². The van der Waals surface area contributed by atoms with Crippen LogP contribution in [0.15, 0.2) is 36.9 Å². The van der Waals surface area contributed by atoms with Gasteiger partial charge in [-0.1, -0.05) is 0 Å².